The van der Waals surface area contributed by atoms with Crippen molar-refractivity contribution in [3.8, 4) is 6.07 Å². The molecule has 1 N–H and O–H groups in total. The van der Waals surface area contributed by atoms with Crippen LogP contribution in [-0.2, 0) is 11.3 Å². The van der Waals surface area contributed by atoms with Gasteiger partial charge in [-0.1, -0.05) is 6.07 Å². The molecular formula is C16H22N4O. The molecule has 1 fully saturated rings. The van der Waals surface area contributed by atoms with Gasteiger partial charge in [0.05, 0.1) is 18.0 Å². The number of pyridine rings is 1. The summed E-state index contributed by atoms with van der Waals surface area (Å²) in [6, 6.07) is 5.94. The molecule has 1 unspecified atom stereocenters. The normalized spacial score (nSPS) is 21.5. The molecule has 1 aliphatic heterocycles. The third kappa shape index (κ3) is 4.02. The molecule has 1 atom stereocenters. The quantitative estimate of drug-likeness (QED) is 0.897. The van der Waals surface area contributed by atoms with Crippen molar-refractivity contribution in [1.29, 1.82) is 5.26 Å². The van der Waals surface area contributed by atoms with Gasteiger partial charge in [0, 0.05) is 25.5 Å². The van der Waals surface area contributed by atoms with Gasteiger partial charge < -0.3 is 10.2 Å². The van der Waals surface area contributed by atoms with Gasteiger partial charge in [0.1, 0.15) is 0 Å². The Morgan fingerprint density at radius 1 is 1.57 bits per heavy atom. The van der Waals surface area contributed by atoms with Gasteiger partial charge in [0.2, 0.25) is 5.91 Å². The average Bonchev–Trinajstić information content (AvgIpc) is 2.52. The average molecular weight is 286 g/mol. The summed E-state index contributed by atoms with van der Waals surface area (Å²) in [4.78, 5) is 18.7. The Balaban J connectivity index is 2.11. The number of nitrogens with zero attached hydrogens (tertiary/aromatic N) is 3. The molecule has 21 heavy (non-hydrogen) atoms. The highest BCUT2D eigenvalue weighted by molar-refractivity contribution is 5.86. The smallest absolute Gasteiger partial charge is 0.242 e. The maximum absolute atomic E-state index is 12.9. The number of carbonyl (C=O) groups is 1. The van der Waals surface area contributed by atoms with Gasteiger partial charge in [0.15, 0.2) is 0 Å². The lowest BCUT2D eigenvalue weighted by Gasteiger charge is -2.38. The van der Waals surface area contributed by atoms with Gasteiger partial charge in [-0.3, -0.25) is 9.78 Å². The van der Waals surface area contributed by atoms with Crippen LogP contribution in [0, 0.1) is 11.3 Å². The first-order chi connectivity index (χ1) is 10.2. The molecule has 0 saturated carbocycles. The van der Waals surface area contributed by atoms with Crippen LogP contribution in [0.15, 0.2) is 24.5 Å². The lowest BCUT2D eigenvalue weighted by molar-refractivity contribution is -0.139. The van der Waals surface area contributed by atoms with Crippen molar-refractivity contribution in [2.45, 2.75) is 44.7 Å². The first kappa shape index (κ1) is 15.5. The summed E-state index contributed by atoms with van der Waals surface area (Å²) in [5.74, 6) is 0.0845. The Morgan fingerprint density at radius 3 is 3.05 bits per heavy atom. The Hall–Kier alpha value is -1.93. The predicted octanol–water partition coefficient (Wildman–Crippen LogP) is 1.86. The molecule has 2 heterocycles. The fraction of sp³-hybridized carbons (Fsp3) is 0.562. The van der Waals surface area contributed by atoms with E-state index in [1.807, 2.05) is 19.1 Å². The molecular weight excluding hydrogens is 264 g/mol. The van der Waals surface area contributed by atoms with E-state index in [2.05, 4.69) is 16.4 Å². The summed E-state index contributed by atoms with van der Waals surface area (Å²) in [6.45, 7) is 3.81. The highest BCUT2D eigenvalue weighted by Gasteiger charge is 2.37. The molecule has 0 aliphatic carbocycles. The van der Waals surface area contributed by atoms with Gasteiger partial charge in [0.25, 0.3) is 0 Å². The molecule has 0 aromatic carbocycles. The van der Waals surface area contributed by atoms with Gasteiger partial charge in [-0.15, -0.1) is 0 Å². The van der Waals surface area contributed by atoms with Crippen LogP contribution in [0.1, 0.15) is 38.2 Å². The second-order valence-electron chi connectivity index (χ2n) is 5.71. The van der Waals surface area contributed by atoms with Crippen LogP contribution in [0.2, 0.25) is 0 Å². The highest BCUT2D eigenvalue weighted by Crippen LogP contribution is 2.22. The topological polar surface area (TPSA) is 69.0 Å². The van der Waals surface area contributed by atoms with Crippen molar-refractivity contribution in [3.05, 3.63) is 30.1 Å². The standard InChI is InChI=1S/C16H22N4O/c1-16(7-2-3-10-19-16)15(21)20(11-5-8-17)13-14-6-4-9-18-12-14/h4,6,9,12,19H,2-3,5,7,10-11,13H2,1H3. The van der Waals surface area contributed by atoms with Crippen molar-refractivity contribution in [3.63, 3.8) is 0 Å². The van der Waals surface area contributed by atoms with Crippen LogP contribution in [0.25, 0.3) is 0 Å². The lowest BCUT2D eigenvalue weighted by Crippen LogP contribution is -2.57. The Bertz CT molecular complexity index is 503. The van der Waals surface area contributed by atoms with Crippen LogP contribution < -0.4 is 5.32 Å². The number of rotatable bonds is 5. The fourth-order valence-electron chi connectivity index (χ4n) is 2.74. The predicted molar refractivity (Wildman–Crippen MR) is 80.1 cm³/mol. The minimum absolute atomic E-state index is 0.0845. The zero-order chi connectivity index (χ0) is 15.1. The van der Waals surface area contributed by atoms with E-state index in [0.717, 1.165) is 31.4 Å². The summed E-state index contributed by atoms with van der Waals surface area (Å²) in [5, 5.41) is 12.2. The lowest BCUT2D eigenvalue weighted by atomic mass is 9.89. The van der Waals surface area contributed by atoms with E-state index in [1.165, 1.54) is 0 Å². The SMILES string of the molecule is CC1(C(=O)N(CCC#N)Cc2cccnc2)CCCCN1. The largest absolute Gasteiger partial charge is 0.336 e. The van der Waals surface area contributed by atoms with Crippen molar-refractivity contribution in [2.24, 2.45) is 0 Å². The molecule has 1 aromatic rings. The van der Waals surface area contributed by atoms with Gasteiger partial charge in [-0.25, -0.2) is 0 Å². The molecule has 2 rings (SSSR count). The summed E-state index contributed by atoms with van der Waals surface area (Å²) in [7, 11) is 0. The van der Waals surface area contributed by atoms with E-state index in [9.17, 15) is 4.79 Å². The number of nitrogens with one attached hydrogen (secondary N) is 1. The van der Waals surface area contributed by atoms with Crippen molar-refractivity contribution < 1.29 is 4.79 Å². The van der Waals surface area contributed by atoms with Crippen LogP contribution >= 0.6 is 0 Å². The summed E-state index contributed by atoms with van der Waals surface area (Å²) >= 11 is 0. The van der Waals surface area contributed by atoms with Crippen molar-refractivity contribution in [1.82, 2.24) is 15.2 Å². The maximum Gasteiger partial charge on any atom is 0.242 e. The monoisotopic (exact) mass is 286 g/mol. The fourth-order valence-corrected chi connectivity index (χ4v) is 2.74. The number of amides is 1. The molecule has 1 amide bonds. The van der Waals surface area contributed by atoms with Crippen LogP contribution in [0.3, 0.4) is 0 Å². The van der Waals surface area contributed by atoms with Gasteiger partial charge >= 0.3 is 0 Å². The van der Waals surface area contributed by atoms with E-state index in [0.29, 0.717) is 19.5 Å². The number of piperidine rings is 1. The minimum atomic E-state index is -0.504. The first-order valence-electron chi connectivity index (χ1n) is 7.46. The first-order valence-corrected chi connectivity index (χ1v) is 7.46. The number of hydrogen-bond acceptors (Lipinski definition) is 4. The Morgan fingerprint density at radius 2 is 2.43 bits per heavy atom. The van der Waals surface area contributed by atoms with E-state index in [1.54, 1.807) is 17.3 Å². The summed E-state index contributed by atoms with van der Waals surface area (Å²) in [5.41, 5.74) is 0.485. The molecule has 0 spiro atoms. The Kier molecular flexibility index (Phi) is 5.29. The van der Waals surface area contributed by atoms with E-state index < -0.39 is 5.54 Å². The minimum Gasteiger partial charge on any atom is -0.336 e. The summed E-state index contributed by atoms with van der Waals surface area (Å²) < 4.78 is 0. The third-order valence-electron chi connectivity index (χ3n) is 3.97. The van der Waals surface area contributed by atoms with Crippen LogP contribution in [0.5, 0.6) is 0 Å². The molecule has 5 nitrogen and oxygen atoms in total. The molecule has 1 aromatic heterocycles. The number of nitriles is 1. The molecule has 1 aliphatic rings. The number of carbonyl (C=O) groups excluding carboxylic acids is 1. The van der Waals surface area contributed by atoms with Crippen LogP contribution in [0.4, 0.5) is 0 Å². The molecule has 5 heteroatoms. The number of hydrogen-bond donors (Lipinski definition) is 1. The summed E-state index contributed by atoms with van der Waals surface area (Å²) in [6.07, 6.45) is 6.86. The van der Waals surface area contributed by atoms with Gasteiger partial charge in [-0.2, -0.15) is 5.26 Å². The maximum atomic E-state index is 12.9. The van der Waals surface area contributed by atoms with Crippen LogP contribution in [-0.4, -0.2) is 34.4 Å². The highest BCUT2D eigenvalue weighted by atomic mass is 16.2. The second-order valence-corrected chi connectivity index (χ2v) is 5.71. The second kappa shape index (κ2) is 7.19. The van der Waals surface area contributed by atoms with E-state index in [4.69, 9.17) is 5.26 Å². The Labute approximate surface area is 126 Å². The molecule has 112 valence electrons. The van der Waals surface area contributed by atoms with Crippen molar-refractivity contribution >= 4 is 5.91 Å². The van der Waals surface area contributed by atoms with E-state index >= 15 is 0 Å². The van der Waals surface area contributed by atoms with Crippen molar-refractivity contribution in [2.75, 3.05) is 13.1 Å². The zero-order valence-corrected chi connectivity index (χ0v) is 12.5. The van der Waals surface area contributed by atoms with E-state index in [-0.39, 0.29) is 5.91 Å². The molecule has 1 saturated heterocycles. The third-order valence-corrected chi connectivity index (χ3v) is 3.97. The molecule has 0 radical (unpaired) electrons. The molecule has 0 bridgehead atoms. The van der Waals surface area contributed by atoms with Gasteiger partial charge in [-0.05, 0) is 44.4 Å². The zero-order valence-electron chi connectivity index (χ0n) is 12.5. The number of aromatic nitrogens is 1.